The van der Waals surface area contributed by atoms with Crippen LogP contribution in [-0.4, -0.2) is 47.0 Å². The molecule has 0 aromatic heterocycles. The van der Waals surface area contributed by atoms with E-state index in [-0.39, 0.29) is 18.2 Å². The Hall–Kier alpha value is -1.85. The van der Waals surface area contributed by atoms with E-state index in [4.69, 9.17) is 4.74 Å². The summed E-state index contributed by atoms with van der Waals surface area (Å²) in [5.41, 5.74) is -0.754. The lowest BCUT2D eigenvalue weighted by Crippen LogP contribution is -2.45. The minimum atomic E-state index is -0.999. The molecular formula is C11H16N2O4. The zero-order chi connectivity index (χ0) is 13.4. The molecule has 0 N–H and O–H groups in total. The smallest absolute Gasteiger partial charge is 0.334 e. The number of amides is 3. The Morgan fingerprint density at radius 2 is 1.94 bits per heavy atom. The number of rotatable bonds is 3. The van der Waals surface area contributed by atoms with E-state index >= 15 is 0 Å². The van der Waals surface area contributed by atoms with E-state index in [0.29, 0.717) is 0 Å². The molecule has 0 bridgehead atoms. The van der Waals surface area contributed by atoms with Gasteiger partial charge in [-0.1, -0.05) is 6.58 Å². The first-order valence-electron chi connectivity index (χ1n) is 5.12. The number of hydrogen-bond donors (Lipinski definition) is 0. The van der Waals surface area contributed by atoms with Gasteiger partial charge in [0.1, 0.15) is 5.54 Å². The van der Waals surface area contributed by atoms with Gasteiger partial charge in [0.15, 0.2) is 6.73 Å². The summed E-state index contributed by atoms with van der Waals surface area (Å²) in [6.07, 6.45) is 0. The molecule has 6 heteroatoms. The number of likely N-dealkylation sites (N-methyl/N-ethyl adjacent to an activating group) is 1. The van der Waals surface area contributed by atoms with Gasteiger partial charge in [-0.15, -0.1) is 0 Å². The summed E-state index contributed by atoms with van der Waals surface area (Å²) in [5, 5.41) is 0. The second-order valence-corrected chi connectivity index (χ2v) is 4.48. The van der Waals surface area contributed by atoms with Gasteiger partial charge in [-0.25, -0.2) is 9.59 Å². The average Bonchev–Trinajstić information content (AvgIpc) is 2.38. The number of esters is 1. The summed E-state index contributed by atoms with van der Waals surface area (Å²) in [5.74, 6) is -0.913. The lowest BCUT2D eigenvalue weighted by Gasteiger charge is -2.26. The predicted octanol–water partition coefficient (Wildman–Crippen LogP) is 0.736. The number of hydrogen-bond acceptors (Lipinski definition) is 4. The summed E-state index contributed by atoms with van der Waals surface area (Å²) in [6.45, 7) is 7.89. The van der Waals surface area contributed by atoms with Crippen LogP contribution in [0.2, 0.25) is 0 Å². The molecule has 1 rings (SSSR count). The van der Waals surface area contributed by atoms with Crippen LogP contribution in [0.3, 0.4) is 0 Å². The number of carbonyl (C=O) groups excluding carboxylic acids is 3. The molecule has 0 saturated carbocycles. The van der Waals surface area contributed by atoms with Crippen LogP contribution in [0, 0.1) is 0 Å². The number of imide groups is 1. The van der Waals surface area contributed by atoms with Crippen molar-refractivity contribution in [1.29, 1.82) is 0 Å². The van der Waals surface area contributed by atoms with E-state index in [1.54, 1.807) is 13.8 Å². The van der Waals surface area contributed by atoms with E-state index in [0.717, 1.165) is 4.90 Å². The van der Waals surface area contributed by atoms with Crippen molar-refractivity contribution in [3.8, 4) is 0 Å². The Kier molecular flexibility index (Phi) is 3.26. The fourth-order valence-electron chi connectivity index (χ4n) is 1.50. The molecule has 0 aromatic carbocycles. The van der Waals surface area contributed by atoms with Crippen molar-refractivity contribution in [2.75, 3.05) is 13.8 Å². The van der Waals surface area contributed by atoms with Crippen molar-refractivity contribution in [3.05, 3.63) is 12.2 Å². The predicted molar refractivity (Wildman–Crippen MR) is 59.9 cm³/mol. The molecule has 6 nitrogen and oxygen atoms in total. The van der Waals surface area contributed by atoms with Gasteiger partial charge >= 0.3 is 12.0 Å². The van der Waals surface area contributed by atoms with Crippen LogP contribution in [0.5, 0.6) is 0 Å². The Morgan fingerprint density at radius 3 is 2.29 bits per heavy atom. The highest BCUT2D eigenvalue weighted by Gasteiger charge is 2.49. The van der Waals surface area contributed by atoms with Crippen molar-refractivity contribution in [1.82, 2.24) is 9.80 Å². The minimum Gasteiger partial charge on any atom is -0.441 e. The number of urea groups is 1. The highest BCUT2D eigenvalue weighted by Crippen LogP contribution is 2.26. The van der Waals surface area contributed by atoms with Crippen molar-refractivity contribution in [3.63, 3.8) is 0 Å². The van der Waals surface area contributed by atoms with Crippen LogP contribution < -0.4 is 0 Å². The first-order valence-corrected chi connectivity index (χ1v) is 5.12. The maximum Gasteiger partial charge on any atom is 0.334 e. The van der Waals surface area contributed by atoms with Crippen LogP contribution in [0.4, 0.5) is 4.79 Å². The van der Waals surface area contributed by atoms with Crippen LogP contribution in [-0.2, 0) is 14.3 Å². The maximum absolute atomic E-state index is 11.7. The number of ether oxygens (including phenoxy) is 1. The summed E-state index contributed by atoms with van der Waals surface area (Å²) < 4.78 is 4.88. The van der Waals surface area contributed by atoms with Crippen molar-refractivity contribution in [2.24, 2.45) is 0 Å². The molecule has 94 valence electrons. The third kappa shape index (κ3) is 2.15. The average molecular weight is 240 g/mol. The van der Waals surface area contributed by atoms with Crippen LogP contribution in [0.25, 0.3) is 0 Å². The van der Waals surface area contributed by atoms with Gasteiger partial charge in [-0.05, 0) is 20.8 Å². The number of carbonyl (C=O) groups is 3. The van der Waals surface area contributed by atoms with E-state index in [1.807, 2.05) is 0 Å². The van der Waals surface area contributed by atoms with E-state index in [2.05, 4.69) is 6.58 Å². The van der Waals surface area contributed by atoms with Gasteiger partial charge in [0.2, 0.25) is 0 Å². The Morgan fingerprint density at radius 1 is 1.41 bits per heavy atom. The monoisotopic (exact) mass is 240 g/mol. The Bertz CT molecular complexity index is 400. The standard InChI is InChI=1S/C11H16N2O4/c1-7(2)8(14)17-6-13-10(16)12(5)9(15)11(13,3)4/h1,6H2,2-5H3. The summed E-state index contributed by atoms with van der Waals surface area (Å²) in [6, 6.07) is -0.477. The molecule has 0 unspecified atom stereocenters. The van der Waals surface area contributed by atoms with Crippen molar-refractivity contribution in [2.45, 2.75) is 26.3 Å². The molecule has 0 aliphatic carbocycles. The fourth-order valence-corrected chi connectivity index (χ4v) is 1.50. The quantitative estimate of drug-likeness (QED) is 0.414. The second-order valence-electron chi connectivity index (χ2n) is 4.48. The van der Waals surface area contributed by atoms with Gasteiger partial charge in [0.05, 0.1) is 0 Å². The Balaban J connectivity index is 2.78. The Labute approximate surface area is 99.8 Å². The van der Waals surface area contributed by atoms with Gasteiger partial charge < -0.3 is 4.74 Å². The third-order valence-electron chi connectivity index (χ3n) is 2.69. The molecule has 1 aliphatic rings. The summed E-state index contributed by atoms with van der Waals surface area (Å²) >= 11 is 0. The first kappa shape index (κ1) is 13.2. The summed E-state index contributed by atoms with van der Waals surface area (Å²) in [7, 11) is 1.40. The van der Waals surface area contributed by atoms with Crippen LogP contribution >= 0.6 is 0 Å². The van der Waals surface area contributed by atoms with Gasteiger partial charge in [0, 0.05) is 12.6 Å². The molecule has 0 spiro atoms. The zero-order valence-electron chi connectivity index (χ0n) is 10.4. The van der Waals surface area contributed by atoms with Crippen molar-refractivity contribution < 1.29 is 19.1 Å². The highest BCUT2D eigenvalue weighted by molar-refractivity contribution is 6.06. The second kappa shape index (κ2) is 4.20. The molecular weight excluding hydrogens is 224 g/mol. The van der Waals surface area contributed by atoms with Gasteiger partial charge in [-0.2, -0.15) is 0 Å². The topological polar surface area (TPSA) is 66.9 Å². The highest BCUT2D eigenvalue weighted by atomic mass is 16.5. The molecule has 1 aliphatic heterocycles. The first-order chi connectivity index (χ1) is 7.69. The van der Waals surface area contributed by atoms with Crippen LogP contribution in [0.1, 0.15) is 20.8 Å². The maximum atomic E-state index is 11.7. The van der Waals surface area contributed by atoms with E-state index < -0.39 is 17.5 Å². The molecule has 3 amide bonds. The molecule has 0 radical (unpaired) electrons. The number of nitrogens with zero attached hydrogens (tertiary/aromatic N) is 2. The lowest BCUT2D eigenvalue weighted by atomic mass is 10.1. The normalized spacial score (nSPS) is 18.6. The SMILES string of the molecule is C=C(C)C(=O)OCN1C(=O)N(C)C(=O)C1(C)C. The van der Waals surface area contributed by atoms with E-state index in [1.165, 1.54) is 18.9 Å². The minimum absolute atomic E-state index is 0.245. The zero-order valence-corrected chi connectivity index (χ0v) is 10.4. The molecule has 0 atom stereocenters. The summed E-state index contributed by atoms with van der Waals surface area (Å²) in [4.78, 5) is 36.9. The van der Waals surface area contributed by atoms with Crippen molar-refractivity contribution >= 4 is 17.9 Å². The largest absolute Gasteiger partial charge is 0.441 e. The molecule has 1 fully saturated rings. The molecule has 0 aromatic rings. The lowest BCUT2D eigenvalue weighted by molar-refractivity contribution is -0.145. The molecule has 1 saturated heterocycles. The molecule has 1 heterocycles. The molecule has 17 heavy (non-hydrogen) atoms. The van der Waals surface area contributed by atoms with E-state index in [9.17, 15) is 14.4 Å². The van der Waals surface area contributed by atoms with Gasteiger partial charge in [0.25, 0.3) is 5.91 Å². The van der Waals surface area contributed by atoms with Crippen LogP contribution in [0.15, 0.2) is 12.2 Å². The third-order valence-corrected chi connectivity index (χ3v) is 2.69. The van der Waals surface area contributed by atoms with Gasteiger partial charge in [-0.3, -0.25) is 14.6 Å². The fraction of sp³-hybridized carbons (Fsp3) is 0.545.